The first-order chi connectivity index (χ1) is 13.3. The van der Waals surface area contributed by atoms with Crippen LogP contribution in [0.3, 0.4) is 0 Å². The van der Waals surface area contributed by atoms with Crippen LogP contribution in [0.2, 0.25) is 0 Å². The Morgan fingerprint density at radius 3 is 2.36 bits per heavy atom. The first-order valence-electron chi connectivity index (χ1n) is 8.10. The van der Waals surface area contributed by atoms with E-state index in [2.05, 4.69) is 19.4 Å². The summed E-state index contributed by atoms with van der Waals surface area (Å²) in [4.78, 5) is 17.3. The monoisotopic (exact) mass is 424 g/mol. The van der Waals surface area contributed by atoms with Crippen LogP contribution in [0.15, 0.2) is 59.8 Å². The summed E-state index contributed by atoms with van der Waals surface area (Å²) in [5, 5.41) is 3.46. The molecule has 1 heterocycles. The van der Waals surface area contributed by atoms with Gasteiger partial charge in [-0.3, -0.25) is 4.79 Å². The Morgan fingerprint density at radius 1 is 1.11 bits per heavy atom. The van der Waals surface area contributed by atoms with Crippen molar-refractivity contribution in [3.05, 3.63) is 71.5 Å². The van der Waals surface area contributed by atoms with Gasteiger partial charge in [0.05, 0.1) is 11.6 Å². The van der Waals surface area contributed by atoms with Gasteiger partial charge in [-0.05, 0) is 60.8 Å². The topological polar surface area (TPSA) is 66.9 Å². The zero-order valence-electron chi connectivity index (χ0n) is 14.5. The molecule has 2 aromatic carbocycles. The molecule has 1 amide bonds. The SMILES string of the molecule is CC(NC(=O)c1ccc(SNc2ncns2)cc1)c1ccc(C(F)(F)F)cc1. The van der Waals surface area contributed by atoms with Crippen molar-refractivity contribution in [2.45, 2.75) is 24.0 Å². The Kier molecular flexibility index (Phi) is 6.20. The van der Waals surface area contributed by atoms with Gasteiger partial charge in [-0.2, -0.15) is 17.5 Å². The maximum atomic E-state index is 12.6. The zero-order chi connectivity index (χ0) is 20.1. The Balaban J connectivity index is 1.57. The fourth-order valence-electron chi connectivity index (χ4n) is 2.32. The molecule has 1 atom stereocenters. The van der Waals surface area contributed by atoms with Crippen LogP contribution in [0, 0.1) is 0 Å². The number of nitrogens with zero attached hydrogens (tertiary/aromatic N) is 2. The predicted molar refractivity (Wildman–Crippen MR) is 103 cm³/mol. The second kappa shape index (κ2) is 8.61. The van der Waals surface area contributed by atoms with Crippen LogP contribution >= 0.6 is 23.5 Å². The minimum atomic E-state index is -4.38. The standard InChI is InChI=1S/C18H15F3N4OS2/c1-11(12-2-6-14(7-3-12)18(19,20)21)24-16(26)13-4-8-15(9-5-13)27-25-17-22-10-23-28-17/h2-11H,1H3,(H,24,26)(H,22,23,25). The summed E-state index contributed by atoms with van der Waals surface area (Å²) < 4.78 is 44.8. The van der Waals surface area contributed by atoms with Crippen LogP contribution < -0.4 is 10.0 Å². The molecule has 2 N–H and O–H groups in total. The Labute approximate surface area is 167 Å². The lowest BCUT2D eigenvalue weighted by atomic mass is 10.1. The van der Waals surface area contributed by atoms with Crippen molar-refractivity contribution in [3.63, 3.8) is 0 Å². The second-order valence-corrected chi connectivity index (χ2v) is 7.45. The van der Waals surface area contributed by atoms with Crippen molar-refractivity contribution < 1.29 is 18.0 Å². The van der Waals surface area contributed by atoms with Crippen molar-refractivity contribution in [1.29, 1.82) is 0 Å². The van der Waals surface area contributed by atoms with Gasteiger partial charge in [0, 0.05) is 22.0 Å². The summed E-state index contributed by atoms with van der Waals surface area (Å²) in [6.07, 6.45) is -2.92. The lowest BCUT2D eigenvalue weighted by Crippen LogP contribution is -2.26. The molecule has 1 aromatic heterocycles. The molecule has 10 heteroatoms. The molecule has 3 aromatic rings. The van der Waals surface area contributed by atoms with Gasteiger partial charge in [-0.15, -0.1) is 0 Å². The Hall–Kier alpha value is -2.59. The largest absolute Gasteiger partial charge is 0.416 e. The van der Waals surface area contributed by atoms with Crippen LogP contribution in [0.5, 0.6) is 0 Å². The van der Waals surface area contributed by atoms with Crippen molar-refractivity contribution in [1.82, 2.24) is 14.7 Å². The smallest absolute Gasteiger partial charge is 0.346 e. The number of carbonyl (C=O) groups is 1. The van der Waals surface area contributed by atoms with Gasteiger partial charge in [0.15, 0.2) is 0 Å². The number of hydrogen-bond acceptors (Lipinski definition) is 6. The van der Waals surface area contributed by atoms with Crippen LogP contribution in [0.25, 0.3) is 0 Å². The average Bonchev–Trinajstić information content (AvgIpc) is 3.20. The number of hydrogen-bond donors (Lipinski definition) is 2. The summed E-state index contributed by atoms with van der Waals surface area (Å²) in [5.41, 5.74) is 0.332. The first kappa shape index (κ1) is 20.2. The fourth-order valence-corrected chi connectivity index (χ4v) is 3.41. The molecule has 3 rings (SSSR count). The third kappa shape index (κ3) is 5.23. The fraction of sp³-hybridized carbons (Fsp3) is 0.167. The van der Waals surface area contributed by atoms with Crippen LogP contribution in [-0.4, -0.2) is 15.3 Å². The molecule has 0 spiro atoms. The molecule has 0 fully saturated rings. The normalized spacial score (nSPS) is 12.4. The van der Waals surface area contributed by atoms with Gasteiger partial charge < -0.3 is 10.0 Å². The van der Waals surface area contributed by atoms with Crippen molar-refractivity contribution >= 4 is 34.5 Å². The second-order valence-electron chi connectivity index (χ2n) is 5.79. The van der Waals surface area contributed by atoms with Gasteiger partial charge in [-0.1, -0.05) is 12.1 Å². The number of anilines is 1. The number of aromatic nitrogens is 2. The average molecular weight is 424 g/mol. The summed E-state index contributed by atoms with van der Waals surface area (Å²) in [5.74, 6) is -0.305. The Morgan fingerprint density at radius 2 is 1.79 bits per heavy atom. The molecule has 0 saturated carbocycles. The highest BCUT2D eigenvalue weighted by molar-refractivity contribution is 8.00. The number of nitrogens with one attached hydrogen (secondary N) is 2. The summed E-state index contributed by atoms with van der Waals surface area (Å²) in [6, 6.07) is 11.3. The van der Waals surface area contributed by atoms with Gasteiger partial charge >= 0.3 is 6.18 Å². The van der Waals surface area contributed by atoms with Crippen molar-refractivity contribution in [2.75, 3.05) is 4.72 Å². The molecule has 0 bridgehead atoms. The van der Waals surface area contributed by atoms with Crippen molar-refractivity contribution in [2.24, 2.45) is 0 Å². The quantitative estimate of drug-likeness (QED) is 0.535. The molecule has 0 saturated heterocycles. The van der Waals surface area contributed by atoms with E-state index in [1.54, 1.807) is 31.2 Å². The molecule has 0 aliphatic rings. The summed E-state index contributed by atoms with van der Waals surface area (Å²) in [6.45, 7) is 1.72. The highest BCUT2D eigenvalue weighted by Gasteiger charge is 2.30. The van der Waals surface area contributed by atoms with Crippen LogP contribution in [-0.2, 0) is 6.18 Å². The third-order valence-electron chi connectivity index (χ3n) is 3.82. The summed E-state index contributed by atoms with van der Waals surface area (Å²) in [7, 11) is 0. The molecule has 28 heavy (non-hydrogen) atoms. The van der Waals surface area contributed by atoms with E-state index in [0.717, 1.165) is 17.0 Å². The van der Waals surface area contributed by atoms with Crippen LogP contribution in [0.1, 0.15) is 34.5 Å². The van der Waals surface area contributed by atoms with E-state index in [1.165, 1.54) is 41.9 Å². The number of amides is 1. The molecular weight excluding hydrogens is 409 g/mol. The lowest BCUT2D eigenvalue weighted by Gasteiger charge is -2.15. The van der Waals surface area contributed by atoms with Crippen LogP contribution in [0.4, 0.5) is 18.3 Å². The molecule has 146 valence electrons. The summed E-state index contributed by atoms with van der Waals surface area (Å²) >= 11 is 2.58. The molecule has 0 aliphatic heterocycles. The molecule has 0 aliphatic carbocycles. The molecule has 0 radical (unpaired) electrons. The van der Waals surface area contributed by atoms with E-state index in [-0.39, 0.29) is 5.91 Å². The minimum Gasteiger partial charge on any atom is -0.346 e. The number of rotatable bonds is 6. The number of benzene rings is 2. The highest BCUT2D eigenvalue weighted by atomic mass is 32.2. The third-order valence-corrected chi connectivity index (χ3v) is 5.33. The van der Waals surface area contributed by atoms with E-state index in [9.17, 15) is 18.0 Å². The first-order valence-corrected chi connectivity index (χ1v) is 9.69. The maximum Gasteiger partial charge on any atom is 0.416 e. The van der Waals surface area contributed by atoms with Gasteiger partial charge in [0.25, 0.3) is 5.91 Å². The van der Waals surface area contributed by atoms with E-state index in [1.807, 2.05) is 0 Å². The van der Waals surface area contributed by atoms with E-state index >= 15 is 0 Å². The van der Waals surface area contributed by atoms with Gasteiger partial charge in [0.1, 0.15) is 6.33 Å². The van der Waals surface area contributed by atoms with Crippen molar-refractivity contribution in [3.8, 4) is 0 Å². The Bertz CT molecular complexity index is 914. The highest BCUT2D eigenvalue weighted by Crippen LogP contribution is 2.30. The molecular formula is C18H15F3N4OS2. The minimum absolute atomic E-state index is 0.305. The number of halogens is 3. The molecule has 1 unspecified atom stereocenters. The predicted octanol–water partition coefficient (Wildman–Crippen LogP) is 5.17. The maximum absolute atomic E-state index is 12.6. The van der Waals surface area contributed by atoms with E-state index in [0.29, 0.717) is 16.3 Å². The lowest BCUT2D eigenvalue weighted by molar-refractivity contribution is -0.137. The molecule has 5 nitrogen and oxygen atoms in total. The number of carbonyl (C=O) groups excluding carboxylic acids is 1. The van der Waals surface area contributed by atoms with Gasteiger partial charge in [-0.25, -0.2) is 4.98 Å². The van der Waals surface area contributed by atoms with E-state index < -0.39 is 17.8 Å². The number of alkyl halides is 3. The van der Waals surface area contributed by atoms with E-state index in [4.69, 9.17) is 0 Å². The van der Waals surface area contributed by atoms with Gasteiger partial charge in [0.2, 0.25) is 5.13 Å². The zero-order valence-corrected chi connectivity index (χ0v) is 16.2.